The molecule has 3 aromatic rings. The molecule has 0 spiro atoms. The lowest BCUT2D eigenvalue weighted by Crippen LogP contribution is -2.39. The van der Waals surface area contributed by atoms with Gasteiger partial charge in [-0.3, -0.25) is 9.59 Å². The number of fused-ring (bicyclic) bond motifs is 1. The van der Waals surface area contributed by atoms with Crippen LogP contribution < -0.4 is 29.2 Å². The molecule has 0 aliphatic carbocycles. The van der Waals surface area contributed by atoms with Crippen LogP contribution in [0.15, 0.2) is 72.8 Å². The molecule has 1 aliphatic heterocycles. The molecule has 8 nitrogen and oxygen atoms in total. The van der Waals surface area contributed by atoms with Crippen LogP contribution in [-0.4, -0.2) is 45.3 Å². The third-order valence-electron chi connectivity index (χ3n) is 5.13. The number of anilines is 2. The summed E-state index contributed by atoms with van der Waals surface area (Å²) in [5.41, 5.74) is 1.16. The summed E-state index contributed by atoms with van der Waals surface area (Å²) in [6, 6.07) is 21.8. The fourth-order valence-electron chi connectivity index (χ4n) is 3.49. The predicted molar refractivity (Wildman–Crippen MR) is 128 cm³/mol. The summed E-state index contributed by atoms with van der Waals surface area (Å²) in [6.45, 7) is 0.757. The van der Waals surface area contributed by atoms with Gasteiger partial charge in [0.2, 0.25) is 0 Å². The number of methoxy groups -OCH3 is 1. The molecule has 1 heterocycles. The molecule has 8 heteroatoms. The van der Waals surface area contributed by atoms with Crippen LogP contribution in [0.4, 0.5) is 11.4 Å². The van der Waals surface area contributed by atoms with Crippen molar-refractivity contribution >= 4 is 23.2 Å². The summed E-state index contributed by atoms with van der Waals surface area (Å²) in [4.78, 5) is 26.6. The zero-order valence-electron chi connectivity index (χ0n) is 18.9. The zero-order valence-corrected chi connectivity index (χ0v) is 18.9. The third kappa shape index (κ3) is 5.98. The van der Waals surface area contributed by atoms with Gasteiger partial charge in [-0.25, -0.2) is 0 Å². The Morgan fingerprint density at radius 3 is 2.59 bits per heavy atom. The van der Waals surface area contributed by atoms with E-state index in [9.17, 15) is 9.59 Å². The van der Waals surface area contributed by atoms with Crippen molar-refractivity contribution in [3.8, 4) is 23.0 Å². The van der Waals surface area contributed by atoms with Gasteiger partial charge in [-0.2, -0.15) is 0 Å². The van der Waals surface area contributed by atoms with Crippen molar-refractivity contribution in [1.29, 1.82) is 0 Å². The molecule has 0 atom stereocenters. The minimum absolute atomic E-state index is 0.0212. The first-order chi connectivity index (χ1) is 16.6. The zero-order chi connectivity index (χ0) is 23.8. The van der Waals surface area contributed by atoms with Crippen molar-refractivity contribution in [2.24, 2.45) is 0 Å². The average Bonchev–Trinajstić information content (AvgIpc) is 2.87. The molecule has 0 saturated heterocycles. The summed E-state index contributed by atoms with van der Waals surface area (Å²) in [5, 5.41) is 2.80. The molecule has 1 aliphatic rings. The van der Waals surface area contributed by atoms with E-state index < -0.39 is 0 Å². The van der Waals surface area contributed by atoms with Gasteiger partial charge in [-0.15, -0.1) is 0 Å². The first-order valence-corrected chi connectivity index (χ1v) is 10.9. The first kappa shape index (κ1) is 23.0. The molecule has 2 amide bonds. The highest BCUT2D eigenvalue weighted by atomic mass is 16.5. The van der Waals surface area contributed by atoms with Gasteiger partial charge in [0.1, 0.15) is 23.0 Å². The van der Waals surface area contributed by atoms with E-state index in [1.54, 1.807) is 54.5 Å². The predicted octanol–water partition coefficient (Wildman–Crippen LogP) is 3.91. The lowest BCUT2D eigenvalue weighted by atomic mass is 10.2. The van der Waals surface area contributed by atoms with E-state index in [2.05, 4.69) is 5.32 Å². The molecule has 4 rings (SSSR count). The highest BCUT2D eigenvalue weighted by Gasteiger charge is 2.25. The van der Waals surface area contributed by atoms with Gasteiger partial charge < -0.3 is 29.2 Å². The molecule has 0 fully saturated rings. The number of carbonyl (C=O) groups is 2. The van der Waals surface area contributed by atoms with Gasteiger partial charge in [-0.1, -0.05) is 24.3 Å². The summed E-state index contributed by atoms with van der Waals surface area (Å²) >= 11 is 0. The number of para-hydroxylation sites is 1. The highest BCUT2D eigenvalue weighted by Crippen LogP contribution is 2.34. The number of hydrogen-bond donors (Lipinski definition) is 1. The van der Waals surface area contributed by atoms with Gasteiger partial charge in [0.15, 0.2) is 13.2 Å². The maximum atomic E-state index is 12.5. The molecular formula is C26H26N2O6. The van der Waals surface area contributed by atoms with Crippen molar-refractivity contribution < 1.29 is 28.5 Å². The van der Waals surface area contributed by atoms with E-state index in [0.717, 1.165) is 5.75 Å². The molecule has 176 valence electrons. The molecule has 0 saturated carbocycles. The van der Waals surface area contributed by atoms with E-state index in [-0.39, 0.29) is 25.0 Å². The number of carbonyl (C=O) groups excluding carboxylic acids is 2. The second-order valence-corrected chi connectivity index (χ2v) is 7.55. The Hall–Kier alpha value is -4.20. The summed E-state index contributed by atoms with van der Waals surface area (Å²) in [6.07, 6.45) is 0.644. The second-order valence-electron chi connectivity index (χ2n) is 7.55. The molecule has 0 unspecified atom stereocenters. The largest absolute Gasteiger partial charge is 0.497 e. The minimum Gasteiger partial charge on any atom is -0.497 e. The standard InChI is InChI=1S/C26H26N2O6/c1-31-21-9-5-10-22(16-21)33-17-25(29)27-19-11-12-24-23(15-19)28(26(30)18-34-24)13-6-14-32-20-7-3-2-4-8-20/h2-5,7-12,15-16H,6,13-14,17-18H2,1H3,(H,27,29). The molecular weight excluding hydrogens is 436 g/mol. The van der Waals surface area contributed by atoms with Crippen molar-refractivity contribution in [3.05, 3.63) is 72.8 Å². The summed E-state index contributed by atoms with van der Waals surface area (Å²) in [7, 11) is 1.57. The summed E-state index contributed by atoms with van der Waals surface area (Å²) < 4.78 is 22.0. The van der Waals surface area contributed by atoms with E-state index in [0.29, 0.717) is 48.2 Å². The van der Waals surface area contributed by atoms with E-state index in [1.165, 1.54) is 0 Å². The van der Waals surface area contributed by atoms with Gasteiger partial charge in [0.25, 0.3) is 11.8 Å². The average molecular weight is 463 g/mol. The molecule has 1 N–H and O–H groups in total. The third-order valence-corrected chi connectivity index (χ3v) is 5.13. The Morgan fingerprint density at radius 2 is 1.76 bits per heavy atom. The van der Waals surface area contributed by atoms with Crippen LogP contribution in [0.25, 0.3) is 0 Å². The number of benzene rings is 3. The number of amides is 2. The van der Waals surface area contributed by atoms with Crippen LogP contribution in [0.2, 0.25) is 0 Å². The molecule has 0 aromatic heterocycles. The fourth-order valence-corrected chi connectivity index (χ4v) is 3.49. The highest BCUT2D eigenvalue weighted by molar-refractivity contribution is 5.99. The number of ether oxygens (including phenoxy) is 4. The Balaban J connectivity index is 1.34. The molecule has 0 bridgehead atoms. The molecule has 0 radical (unpaired) electrons. The van der Waals surface area contributed by atoms with Gasteiger partial charge >= 0.3 is 0 Å². The van der Waals surface area contributed by atoms with Crippen LogP contribution >= 0.6 is 0 Å². The van der Waals surface area contributed by atoms with Crippen molar-refractivity contribution in [2.45, 2.75) is 6.42 Å². The Bertz CT molecular complexity index is 1140. The second kappa shape index (κ2) is 11.1. The number of hydrogen-bond acceptors (Lipinski definition) is 6. The van der Waals surface area contributed by atoms with Crippen LogP contribution in [0.1, 0.15) is 6.42 Å². The Labute approximate surface area is 198 Å². The van der Waals surface area contributed by atoms with Crippen molar-refractivity contribution in [1.82, 2.24) is 0 Å². The van der Waals surface area contributed by atoms with Crippen LogP contribution in [0, 0.1) is 0 Å². The monoisotopic (exact) mass is 462 g/mol. The number of nitrogens with one attached hydrogen (secondary N) is 1. The van der Waals surface area contributed by atoms with Crippen molar-refractivity contribution in [2.75, 3.05) is 43.7 Å². The normalized spacial score (nSPS) is 12.4. The van der Waals surface area contributed by atoms with E-state index >= 15 is 0 Å². The molecule has 3 aromatic carbocycles. The van der Waals surface area contributed by atoms with Gasteiger partial charge in [-0.05, 0) is 48.9 Å². The number of nitrogens with zero attached hydrogens (tertiary/aromatic N) is 1. The Kier molecular flexibility index (Phi) is 7.49. The quantitative estimate of drug-likeness (QED) is 0.460. The summed E-state index contributed by atoms with van der Waals surface area (Å²) in [5.74, 6) is 2.09. The van der Waals surface area contributed by atoms with Crippen molar-refractivity contribution in [3.63, 3.8) is 0 Å². The smallest absolute Gasteiger partial charge is 0.265 e. The maximum Gasteiger partial charge on any atom is 0.265 e. The lowest BCUT2D eigenvalue weighted by molar-refractivity contribution is -0.121. The molecule has 34 heavy (non-hydrogen) atoms. The van der Waals surface area contributed by atoms with E-state index in [4.69, 9.17) is 18.9 Å². The van der Waals surface area contributed by atoms with Crippen LogP contribution in [0.3, 0.4) is 0 Å². The minimum atomic E-state index is -0.325. The van der Waals surface area contributed by atoms with Crippen LogP contribution in [-0.2, 0) is 9.59 Å². The first-order valence-electron chi connectivity index (χ1n) is 10.9. The maximum absolute atomic E-state index is 12.5. The Morgan fingerprint density at radius 1 is 0.971 bits per heavy atom. The topological polar surface area (TPSA) is 86.3 Å². The number of rotatable bonds is 10. The van der Waals surface area contributed by atoms with E-state index in [1.807, 2.05) is 30.3 Å². The SMILES string of the molecule is COc1cccc(OCC(=O)Nc2ccc3c(c2)N(CCCOc2ccccc2)C(=O)CO3)c1. The fraction of sp³-hybridized carbons (Fsp3) is 0.231. The van der Waals surface area contributed by atoms with Gasteiger partial charge in [0, 0.05) is 18.3 Å². The van der Waals surface area contributed by atoms with Gasteiger partial charge in [0.05, 0.1) is 19.4 Å². The lowest BCUT2D eigenvalue weighted by Gasteiger charge is -2.29. The van der Waals surface area contributed by atoms with Crippen LogP contribution in [0.5, 0.6) is 23.0 Å².